The third-order valence-corrected chi connectivity index (χ3v) is 4.46. The van der Waals surface area contributed by atoms with Gasteiger partial charge in [-0.05, 0) is 48.2 Å². The van der Waals surface area contributed by atoms with Crippen molar-refractivity contribution in [2.24, 2.45) is 0 Å². The van der Waals surface area contributed by atoms with E-state index in [0.29, 0.717) is 22.2 Å². The molecule has 0 aliphatic heterocycles. The Morgan fingerprint density at radius 1 is 1.21 bits per heavy atom. The Morgan fingerprint density at radius 2 is 1.89 bits per heavy atom. The molecular formula is C19H14N4O4S. The number of hydrogen-bond donors (Lipinski definition) is 1. The maximum absolute atomic E-state index is 12.0. The lowest BCUT2D eigenvalue weighted by Gasteiger charge is -2.08. The molecule has 0 fully saturated rings. The van der Waals surface area contributed by atoms with E-state index in [0.717, 1.165) is 5.56 Å². The predicted molar refractivity (Wildman–Crippen MR) is 104 cm³/mol. The van der Waals surface area contributed by atoms with Crippen LogP contribution < -0.4 is 10.3 Å². The number of H-pyrrole nitrogens is 1. The minimum absolute atomic E-state index is 0.0244. The van der Waals surface area contributed by atoms with E-state index in [4.69, 9.17) is 4.74 Å². The highest BCUT2D eigenvalue weighted by Crippen LogP contribution is 2.24. The quantitative estimate of drug-likeness (QED) is 0.294. The van der Waals surface area contributed by atoms with Crippen LogP contribution in [0.25, 0.3) is 11.3 Å². The molecule has 3 aromatic rings. The Bertz CT molecular complexity index is 1100. The van der Waals surface area contributed by atoms with E-state index in [2.05, 4.69) is 9.97 Å². The van der Waals surface area contributed by atoms with Crippen molar-refractivity contribution in [1.29, 1.82) is 5.26 Å². The predicted octanol–water partition coefficient (Wildman–Crippen LogP) is 3.52. The first-order valence-electron chi connectivity index (χ1n) is 8.07. The second-order valence-electron chi connectivity index (χ2n) is 5.65. The van der Waals surface area contributed by atoms with Gasteiger partial charge in [-0.15, -0.1) is 0 Å². The molecule has 1 aromatic heterocycles. The van der Waals surface area contributed by atoms with Crippen molar-refractivity contribution in [3.05, 3.63) is 80.1 Å². The highest BCUT2D eigenvalue weighted by atomic mass is 32.2. The summed E-state index contributed by atoms with van der Waals surface area (Å²) in [6.07, 6.45) is 1.78. The van der Waals surface area contributed by atoms with Gasteiger partial charge >= 0.3 is 0 Å². The molecule has 0 spiro atoms. The van der Waals surface area contributed by atoms with Gasteiger partial charge in [0.2, 0.25) is 0 Å². The molecule has 1 heterocycles. The third-order valence-electron chi connectivity index (χ3n) is 3.88. The number of aromatic amines is 1. The standard InChI is InChI=1S/C19H14N4O4S/c1-28-19-21-17(16(10-20)18(24)22-19)13-4-8-15(9-5-13)27-11-12-2-6-14(7-3-12)23(25)26/h2-9H,11H2,1H3,(H,21,22,24). The normalized spacial score (nSPS) is 10.3. The molecule has 0 radical (unpaired) electrons. The minimum Gasteiger partial charge on any atom is -0.489 e. The second-order valence-corrected chi connectivity index (χ2v) is 6.44. The van der Waals surface area contributed by atoms with Gasteiger partial charge in [0, 0.05) is 17.7 Å². The van der Waals surface area contributed by atoms with Crippen LogP contribution in [0.15, 0.2) is 58.5 Å². The molecule has 0 amide bonds. The highest BCUT2D eigenvalue weighted by Gasteiger charge is 2.13. The maximum atomic E-state index is 12.0. The molecule has 9 heteroatoms. The summed E-state index contributed by atoms with van der Waals surface area (Å²) in [7, 11) is 0. The lowest BCUT2D eigenvalue weighted by molar-refractivity contribution is -0.384. The van der Waals surface area contributed by atoms with Crippen molar-refractivity contribution in [3.63, 3.8) is 0 Å². The van der Waals surface area contributed by atoms with Gasteiger partial charge in [-0.2, -0.15) is 5.26 Å². The average molecular weight is 394 g/mol. The molecule has 0 saturated heterocycles. The minimum atomic E-state index is -0.477. The monoisotopic (exact) mass is 394 g/mol. The van der Waals surface area contributed by atoms with Crippen molar-refractivity contribution >= 4 is 17.4 Å². The van der Waals surface area contributed by atoms with Crippen LogP contribution in [0.5, 0.6) is 5.75 Å². The van der Waals surface area contributed by atoms with Crippen molar-refractivity contribution in [2.75, 3.05) is 6.26 Å². The smallest absolute Gasteiger partial charge is 0.270 e. The number of nitrogens with zero attached hydrogens (tertiary/aromatic N) is 3. The van der Waals surface area contributed by atoms with Crippen LogP contribution in [-0.4, -0.2) is 21.1 Å². The summed E-state index contributed by atoms with van der Waals surface area (Å²) in [6.45, 7) is 0.251. The molecule has 0 unspecified atom stereocenters. The first-order chi connectivity index (χ1) is 13.5. The maximum Gasteiger partial charge on any atom is 0.270 e. The molecule has 0 bridgehead atoms. The molecule has 0 atom stereocenters. The van der Waals surface area contributed by atoms with Crippen LogP contribution in [0.2, 0.25) is 0 Å². The number of nitrogens with one attached hydrogen (secondary N) is 1. The fourth-order valence-electron chi connectivity index (χ4n) is 2.45. The van der Waals surface area contributed by atoms with E-state index in [1.807, 2.05) is 6.07 Å². The number of nitriles is 1. The molecule has 140 valence electrons. The zero-order valence-electron chi connectivity index (χ0n) is 14.7. The van der Waals surface area contributed by atoms with Crippen molar-refractivity contribution in [2.45, 2.75) is 11.8 Å². The first kappa shape index (κ1) is 19.1. The van der Waals surface area contributed by atoms with Gasteiger partial charge in [-0.25, -0.2) is 4.98 Å². The zero-order chi connectivity index (χ0) is 20.1. The number of hydrogen-bond acceptors (Lipinski definition) is 7. The number of ether oxygens (including phenoxy) is 1. The summed E-state index contributed by atoms with van der Waals surface area (Å²) in [6, 6.07) is 14.9. The van der Waals surface area contributed by atoms with Crippen molar-refractivity contribution < 1.29 is 9.66 Å². The number of benzene rings is 2. The summed E-state index contributed by atoms with van der Waals surface area (Å²) in [5.74, 6) is 0.579. The third kappa shape index (κ3) is 4.19. The number of thioether (sulfide) groups is 1. The van der Waals surface area contributed by atoms with E-state index in [-0.39, 0.29) is 17.9 Å². The van der Waals surface area contributed by atoms with E-state index < -0.39 is 10.5 Å². The van der Waals surface area contributed by atoms with Gasteiger partial charge in [-0.3, -0.25) is 14.9 Å². The summed E-state index contributed by atoms with van der Waals surface area (Å²) >= 11 is 1.28. The van der Waals surface area contributed by atoms with Crippen LogP contribution in [0.3, 0.4) is 0 Å². The lowest BCUT2D eigenvalue weighted by Crippen LogP contribution is -2.14. The number of non-ortho nitro benzene ring substituents is 1. The van der Waals surface area contributed by atoms with Crippen LogP contribution in [0, 0.1) is 21.4 Å². The zero-order valence-corrected chi connectivity index (χ0v) is 15.5. The SMILES string of the molecule is CSc1nc(-c2ccc(OCc3ccc([N+](=O)[O-])cc3)cc2)c(C#N)c(=O)[nH]1. The molecule has 1 N–H and O–H groups in total. The van der Waals surface area contributed by atoms with Crippen LogP contribution in [-0.2, 0) is 6.61 Å². The summed E-state index contributed by atoms with van der Waals surface area (Å²) in [5.41, 5.74) is 1.24. The summed E-state index contributed by atoms with van der Waals surface area (Å²) < 4.78 is 5.68. The number of nitro groups is 1. The first-order valence-corrected chi connectivity index (χ1v) is 9.29. The second kappa shape index (κ2) is 8.37. The Morgan fingerprint density at radius 3 is 2.46 bits per heavy atom. The Kier molecular flexibility index (Phi) is 5.72. The molecular weight excluding hydrogens is 380 g/mol. The van der Waals surface area contributed by atoms with Crippen LogP contribution in [0.1, 0.15) is 11.1 Å². The number of nitro benzene ring substituents is 1. The van der Waals surface area contributed by atoms with Gasteiger partial charge in [0.15, 0.2) is 5.16 Å². The fraction of sp³-hybridized carbons (Fsp3) is 0.105. The molecule has 0 aliphatic carbocycles. The molecule has 0 aliphatic rings. The largest absolute Gasteiger partial charge is 0.489 e. The number of aromatic nitrogens is 2. The van der Waals surface area contributed by atoms with Gasteiger partial charge < -0.3 is 9.72 Å². The highest BCUT2D eigenvalue weighted by molar-refractivity contribution is 7.98. The van der Waals surface area contributed by atoms with Crippen LogP contribution >= 0.6 is 11.8 Å². The number of rotatable bonds is 6. The molecule has 0 saturated carbocycles. The molecule has 3 rings (SSSR count). The van der Waals surface area contributed by atoms with Crippen molar-refractivity contribution in [1.82, 2.24) is 9.97 Å². The van der Waals surface area contributed by atoms with E-state index in [1.54, 1.807) is 42.7 Å². The van der Waals surface area contributed by atoms with Crippen LogP contribution in [0.4, 0.5) is 5.69 Å². The van der Waals surface area contributed by atoms with E-state index in [9.17, 15) is 20.2 Å². The Hall–Kier alpha value is -3.64. The van der Waals surface area contributed by atoms with Gasteiger partial charge in [0.1, 0.15) is 24.0 Å². The fourth-order valence-corrected chi connectivity index (χ4v) is 2.83. The summed E-state index contributed by atoms with van der Waals surface area (Å²) in [5, 5.41) is 20.4. The molecule has 28 heavy (non-hydrogen) atoms. The van der Waals surface area contributed by atoms with E-state index in [1.165, 1.54) is 23.9 Å². The van der Waals surface area contributed by atoms with Crippen molar-refractivity contribution in [3.8, 4) is 23.1 Å². The van der Waals surface area contributed by atoms with Gasteiger partial charge in [0.05, 0.1) is 10.6 Å². The lowest BCUT2D eigenvalue weighted by atomic mass is 10.1. The topological polar surface area (TPSA) is 122 Å². The molecule has 8 nitrogen and oxygen atoms in total. The summed E-state index contributed by atoms with van der Waals surface area (Å²) in [4.78, 5) is 29.1. The Balaban J connectivity index is 1.77. The van der Waals surface area contributed by atoms with Gasteiger partial charge in [0.25, 0.3) is 11.2 Å². The van der Waals surface area contributed by atoms with Gasteiger partial charge in [-0.1, -0.05) is 11.8 Å². The van der Waals surface area contributed by atoms with E-state index >= 15 is 0 Å². The Labute approximate surface area is 164 Å². The molecule has 2 aromatic carbocycles. The average Bonchev–Trinajstić information content (AvgIpc) is 2.72.